The fourth-order valence-corrected chi connectivity index (χ4v) is 0.658. The number of rotatable bonds is 0. The second kappa shape index (κ2) is 3.04. The van der Waals surface area contributed by atoms with E-state index in [4.69, 9.17) is 0 Å². The van der Waals surface area contributed by atoms with Gasteiger partial charge in [0.2, 0.25) is 0 Å². The fraction of sp³-hybridized carbons (Fsp3) is 1.00. The average molecular weight is 138 g/mol. The lowest BCUT2D eigenvalue weighted by atomic mass is 10.9. The third-order valence-corrected chi connectivity index (χ3v) is 1.79. The molecule has 1 heterocycles. The van der Waals surface area contributed by atoms with Crippen molar-refractivity contribution in [3.8, 4) is 0 Å². The molecule has 0 aromatic rings. The lowest BCUT2D eigenvalue weighted by Crippen LogP contribution is -2.26. The predicted molar refractivity (Wildman–Crippen MR) is 31.1 cm³/mol. The van der Waals surface area contributed by atoms with Gasteiger partial charge in [-0.25, -0.2) is 0 Å². The van der Waals surface area contributed by atoms with Crippen LogP contribution in [0.5, 0.6) is 0 Å². The molecule has 0 bridgehead atoms. The monoisotopic (exact) mass is 138 g/mol. The van der Waals surface area contributed by atoms with Gasteiger partial charge in [-0.05, 0) is 0 Å². The zero-order chi connectivity index (χ0) is 6.62. The van der Waals surface area contributed by atoms with E-state index in [-0.39, 0.29) is 5.75 Å². The van der Waals surface area contributed by atoms with Gasteiger partial charge in [0.1, 0.15) is 5.75 Å². The fourth-order valence-electron chi connectivity index (χ4n) is 0.219. The van der Waals surface area contributed by atoms with Crippen molar-refractivity contribution in [2.24, 2.45) is 0 Å². The highest BCUT2D eigenvalue weighted by Gasteiger charge is 2.20. The van der Waals surface area contributed by atoms with E-state index >= 15 is 0 Å². The van der Waals surface area contributed by atoms with Crippen LogP contribution in [0.1, 0.15) is 13.8 Å². The first kappa shape index (κ1) is 7.91. The summed E-state index contributed by atoms with van der Waals surface area (Å²) < 4.78 is 23.8. The zero-order valence-corrected chi connectivity index (χ0v) is 5.86. The molecular weight excluding hydrogens is 128 g/mol. The molecular formula is C4H10O3S. The predicted octanol–water partition coefficient (Wildman–Crippen LogP) is 0.373. The maximum absolute atomic E-state index is 9.86. The topological polar surface area (TPSA) is 43.4 Å². The van der Waals surface area contributed by atoms with Gasteiger partial charge in [-0.15, -0.1) is 0 Å². The molecule has 0 radical (unpaired) electrons. The van der Waals surface area contributed by atoms with Gasteiger partial charge < -0.3 is 0 Å². The van der Waals surface area contributed by atoms with Crippen molar-refractivity contribution in [3.63, 3.8) is 0 Å². The summed E-state index contributed by atoms with van der Waals surface area (Å²) in [5.41, 5.74) is 0. The normalized spacial score (nSPS) is 22.2. The van der Waals surface area contributed by atoms with Crippen molar-refractivity contribution in [2.75, 3.05) is 12.4 Å². The summed E-state index contributed by atoms with van der Waals surface area (Å²) in [5.74, 6) is 0.201. The van der Waals surface area contributed by atoms with Crippen molar-refractivity contribution < 1.29 is 12.6 Å². The molecule has 1 aliphatic rings. The Morgan fingerprint density at radius 2 is 1.62 bits per heavy atom. The molecule has 1 fully saturated rings. The van der Waals surface area contributed by atoms with Crippen LogP contribution in [-0.2, 0) is 14.3 Å². The van der Waals surface area contributed by atoms with Gasteiger partial charge in [0.25, 0.3) is 10.1 Å². The Kier molecular flexibility index (Phi) is 3.01. The van der Waals surface area contributed by atoms with Crippen LogP contribution in [0.15, 0.2) is 0 Å². The van der Waals surface area contributed by atoms with Crippen LogP contribution in [0.3, 0.4) is 0 Å². The standard InChI is InChI=1S/C2H4O3S.C2H6/c3-6(4)2-1-5-6;1-2/h1-2H2;1-2H3. The van der Waals surface area contributed by atoms with E-state index in [0.717, 1.165) is 0 Å². The summed E-state index contributed by atoms with van der Waals surface area (Å²) in [4.78, 5) is 0. The van der Waals surface area contributed by atoms with Crippen molar-refractivity contribution in [3.05, 3.63) is 0 Å². The Bertz CT molecular complexity index is 125. The first-order valence-corrected chi connectivity index (χ1v) is 4.15. The van der Waals surface area contributed by atoms with E-state index in [9.17, 15) is 8.42 Å². The average Bonchev–Trinajstić information content (AvgIpc) is 1.69. The summed E-state index contributed by atoms with van der Waals surface area (Å²) in [6, 6.07) is 0. The minimum Gasteiger partial charge on any atom is -0.269 e. The van der Waals surface area contributed by atoms with Crippen molar-refractivity contribution in [1.29, 1.82) is 0 Å². The largest absolute Gasteiger partial charge is 0.269 e. The van der Waals surface area contributed by atoms with Gasteiger partial charge in [-0.1, -0.05) is 13.8 Å². The van der Waals surface area contributed by atoms with E-state index in [1.807, 2.05) is 13.8 Å². The molecule has 0 N–H and O–H groups in total. The second-order valence-electron chi connectivity index (χ2n) is 1.08. The molecule has 8 heavy (non-hydrogen) atoms. The van der Waals surface area contributed by atoms with Crippen molar-refractivity contribution in [1.82, 2.24) is 0 Å². The highest BCUT2D eigenvalue weighted by Crippen LogP contribution is 2.02. The molecule has 0 amide bonds. The molecule has 0 unspecified atom stereocenters. The van der Waals surface area contributed by atoms with Crippen LogP contribution in [0.2, 0.25) is 0 Å². The molecule has 3 nitrogen and oxygen atoms in total. The highest BCUT2D eigenvalue weighted by molar-refractivity contribution is 7.87. The quantitative estimate of drug-likeness (QED) is 0.454. The Balaban J connectivity index is 0.000000222. The van der Waals surface area contributed by atoms with Crippen LogP contribution in [0.25, 0.3) is 0 Å². The first-order chi connectivity index (χ1) is 3.71. The first-order valence-electron chi connectivity index (χ1n) is 2.58. The highest BCUT2D eigenvalue weighted by atomic mass is 32.2. The Morgan fingerprint density at radius 1 is 1.38 bits per heavy atom. The van der Waals surface area contributed by atoms with Crippen LogP contribution in [0.4, 0.5) is 0 Å². The van der Waals surface area contributed by atoms with Crippen molar-refractivity contribution >= 4 is 10.1 Å². The maximum Gasteiger partial charge on any atom is 0.269 e. The Morgan fingerprint density at radius 3 is 1.62 bits per heavy atom. The molecule has 0 atom stereocenters. The summed E-state index contributed by atoms with van der Waals surface area (Å²) >= 11 is 0. The summed E-state index contributed by atoms with van der Waals surface area (Å²) in [6.07, 6.45) is 0. The molecule has 0 spiro atoms. The lowest BCUT2D eigenvalue weighted by Gasteiger charge is -2.10. The van der Waals surface area contributed by atoms with Crippen LogP contribution in [-0.4, -0.2) is 20.8 Å². The third-order valence-electron chi connectivity index (χ3n) is 0.596. The Hall–Kier alpha value is -0.0900. The second-order valence-corrected chi connectivity index (χ2v) is 2.84. The molecule has 0 aromatic heterocycles. The summed E-state index contributed by atoms with van der Waals surface area (Å²) in [6.45, 7) is 4.38. The van der Waals surface area contributed by atoms with Crippen LogP contribution >= 0.6 is 0 Å². The SMILES string of the molecule is CC.O=S1(=O)CCO1. The molecule has 50 valence electrons. The lowest BCUT2D eigenvalue weighted by molar-refractivity contribution is 0.287. The molecule has 1 aliphatic heterocycles. The van der Waals surface area contributed by atoms with Gasteiger partial charge in [0, 0.05) is 0 Å². The minimum absolute atomic E-state index is 0.201. The summed E-state index contributed by atoms with van der Waals surface area (Å²) in [5, 5.41) is 0. The van der Waals surface area contributed by atoms with E-state index in [2.05, 4.69) is 4.18 Å². The number of hydrogen-bond donors (Lipinski definition) is 0. The van der Waals surface area contributed by atoms with E-state index in [1.165, 1.54) is 0 Å². The zero-order valence-electron chi connectivity index (χ0n) is 5.05. The van der Waals surface area contributed by atoms with E-state index in [0.29, 0.717) is 6.61 Å². The van der Waals surface area contributed by atoms with E-state index < -0.39 is 10.1 Å². The number of hydrogen-bond acceptors (Lipinski definition) is 3. The van der Waals surface area contributed by atoms with Crippen LogP contribution < -0.4 is 0 Å². The molecule has 1 rings (SSSR count). The van der Waals surface area contributed by atoms with Gasteiger partial charge in [-0.3, -0.25) is 4.18 Å². The molecule has 0 saturated carbocycles. The van der Waals surface area contributed by atoms with Gasteiger partial charge in [0.15, 0.2) is 0 Å². The van der Waals surface area contributed by atoms with Gasteiger partial charge in [0.05, 0.1) is 6.61 Å². The Labute approximate surface area is 49.8 Å². The maximum atomic E-state index is 9.86. The summed E-state index contributed by atoms with van der Waals surface area (Å²) in [7, 11) is -2.98. The molecule has 0 aromatic carbocycles. The third kappa shape index (κ3) is 2.28. The minimum atomic E-state index is -2.98. The van der Waals surface area contributed by atoms with Crippen molar-refractivity contribution in [2.45, 2.75) is 13.8 Å². The van der Waals surface area contributed by atoms with Gasteiger partial charge >= 0.3 is 0 Å². The molecule has 4 heteroatoms. The van der Waals surface area contributed by atoms with E-state index in [1.54, 1.807) is 0 Å². The van der Waals surface area contributed by atoms with Crippen LogP contribution in [0, 0.1) is 0 Å². The van der Waals surface area contributed by atoms with Gasteiger partial charge in [-0.2, -0.15) is 8.42 Å². The molecule has 1 saturated heterocycles. The smallest absolute Gasteiger partial charge is 0.269 e. The molecule has 0 aliphatic carbocycles.